The van der Waals surface area contributed by atoms with E-state index in [0.717, 1.165) is 16.5 Å². The monoisotopic (exact) mass is 533 g/mol. The number of nitrogens with one attached hydrogen (secondary N) is 1. The van der Waals surface area contributed by atoms with Gasteiger partial charge >= 0.3 is 12.2 Å². The van der Waals surface area contributed by atoms with Crippen molar-refractivity contribution in [1.82, 2.24) is 9.80 Å². The van der Waals surface area contributed by atoms with Crippen LogP contribution in [-0.4, -0.2) is 48.0 Å². The first kappa shape index (κ1) is 28.2. The Morgan fingerprint density at radius 1 is 0.946 bits per heavy atom. The van der Waals surface area contributed by atoms with Gasteiger partial charge in [0.15, 0.2) is 0 Å². The van der Waals surface area contributed by atoms with Crippen molar-refractivity contribution >= 4 is 29.0 Å². The zero-order valence-electron chi connectivity index (χ0n) is 20.5. The molecule has 1 N–H and O–H groups in total. The number of alkyl halides is 3. The predicted molar refractivity (Wildman–Crippen MR) is 138 cm³/mol. The number of carbonyl (C=O) groups excluding carboxylic acids is 2. The van der Waals surface area contributed by atoms with Crippen molar-refractivity contribution in [3.05, 3.63) is 88.1 Å². The van der Waals surface area contributed by atoms with E-state index >= 15 is 0 Å². The Bertz CT molecular complexity index is 1120. The van der Waals surface area contributed by atoms with Crippen LogP contribution in [-0.2, 0) is 28.8 Å². The van der Waals surface area contributed by atoms with E-state index in [4.69, 9.17) is 4.74 Å². The van der Waals surface area contributed by atoms with Crippen LogP contribution < -0.4 is 5.32 Å². The van der Waals surface area contributed by atoms with Crippen LogP contribution in [0.4, 0.5) is 23.7 Å². The summed E-state index contributed by atoms with van der Waals surface area (Å²) in [6, 6.07) is 17.3. The molecule has 0 fully saturated rings. The summed E-state index contributed by atoms with van der Waals surface area (Å²) in [7, 11) is 0. The van der Waals surface area contributed by atoms with Gasteiger partial charge in [-0.2, -0.15) is 13.2 Å². The second-order valence-corrected chi connectivity index (χ2v) is 9.29. The third kappa shape index (κ3) is 8.91. The molecule has 0 aliphatic carbocycles. The molecule has 1 heterocycles. The molecule has 3 aromatic rings. The Labute approximate surface area is 218 Å². The molecule has 0 aliphatic rings. The summed E-state index contributed by atoms with van der Waals surface area (Å²) in [5.41, 5.74) is -0.381. The number of nitrogens with zero attached hydrogens (tertiary/aromatic N) is 2. The Morgan fingerprint density at radius 2 is 1.68 bits per heavy atom. The van der Waals surface area contributed by atoms with Crippen molar-refractivity contribution < 1.29 is 27.5 Å². The molecule has 3 amide bonds. The maximum absolute atomic E-state index is 13.5. The molecule has 0 aliphatic heterocycles. The van der Waals surface area contributed by atoms with E-state index in [1.54, 1.807) is 4.90 Å². The molecule has 0 saturated carbocycles. The summed E-state index contributed by atoms with van der Waals surface area (Å²) < 4.78 is 45.7. The lowest BCUT2D eigenvalue weighted by Crippen LogP contribution is -2.44. The normalized spacial score (nSPS) is 11.2. The van der Waals surface area contributed by atoms with E-state index in [0.29, 0.717) is 32.7 Å². The minimum absolute atomic E-state index is 0.143. The van der Waals surface area contributed by atoms with Gasteiger partial charge in [-0.15, -0.1) is 11.3 Å². The second kappa shape index (κ2) is 13.8. The maximum Gasteiger partial charge on any atom is 0.418 e. The van der Waals surface area contributed by atoms with E-state index in [-0.39, 0.29) is 24.7 Å². The summed E-state index contributed by atoms with van der Waals surface area (Å²) >= 11 is 1.52. The first-order chi connectivity index (χ1) is 17.8. The molecule has 0 unspecified atom stereocenters. The second-order valence-electron chi connectivity index (χ2n) is 8.26. The molecule has 198 valence electrons. The zero-order chi connectivity index (χ0) is 26.7. The smallest absolute Gasteiger partial charge is 0.382 e. The molecular formula is C27H30F3N3O3S. The van der Waals surface area contributed by atoms with Crippen molar-refractivity contribution in [3.8, 4) is 0 Å². The lowest BCUT2D eigenvalue weighted by Gasteiger charge is -2.28. The summed E-state index contributed by atoms with van der Waals surface area (Å²) in [6.07, 6.45) is -4.20. The molecule has 0 radical (unpaired) electrons. The highest BCUT2D eigenvalue weighted by Gasteiger charge is 2.34. The van der Waals surface area contributed by atoms with Crippen LogP contribution in [0.5, 0.6) is 0 Å². The van der Waals surface area contributed by atoms with E-state index in [9.17, 15) is 22.8 Å². The number of hydrogen-bond acceptors (Lipinski definition) is 4. The van der Waals surface area contributed by atoms with Gasteiger partial charge in [0.05, 0.1) is 17.8 Å². The minimum Gasteiger partial charge on any atom is -0.382 e. The van der Waals surface area contributed by atoms with E-state index in [1.165, 1.54) is 34.4 Å². The predicted octanol–water partition coefficient (Wildman–Crippen LogP) is 6.26. The van der Waals surface area contributed by atoms with Gasteiger partial charge in [0.25, 0.3) is 0 Å². The Morgan fingerprint density at radius 3 is 2.35 bits per heavy atom. The van der Waals surface area contributed by atoms with Gasteiger partial charge in [-0.25, -0.2) is 4.79 Å². The highest BCUT2D eigenvalue weighted by molar-refractivity contribution is 7.09. The molecule has 1 aromatic heterocycles. The maximum atomic E-state index is 13.5. The third-order valence-corrected chi connectivity index (χ3v) is 6.37. The highest BCUT2D eigenvalue weighted by Crippen LogP contribution is 2.34. The average molecular weight is 534 g/mol. The molecule has 0 spiro atoms. The van der Waals surface area contributed by atoms with Crippen LogP contribution >= 0.6 is 11.3 Å². The highest BCUT2D eigenvalue weighted by atomic mass is 32.1. The van der Waals surface area contributed by atoms with E-state index in [2.05, 4.69) is 5.32 Å². The summed E-state index contributed by atoms with van der Waals surface area (Å²) in [6.45, 7) is 3.24. The number of carbonyl (C=O) groups is 2. The molecule has 37 heavy (non-hydrogen) atoms. The molecule has 2 aromatic carbocycles. The number of rotatable bonds is 12. The molecule has 10 heteroatoms. The molecule has 6 nitrogen and oxygen atoms in total. The quantitative estimate of drug-likeness (QED) is 0.280. The number of ether oxygens (including phenoxy) is 1. The van der Waals surface area contributed by atoms with Crippen molar-refractivity contribution in [2.75, 3.05) is 31.6 Å². The van der Waals surface area contributed by atoms with Crippen LogP contribution in [0, 0.1) is 0 Å². The van der Waals surface area contributed by atoms with Crippen LogP contribution in [0.2, 0.25) is 0 Å². The SMILES string of the molecule is CCOCCCN(CC(=O)N(Cc1ccccc1)Cc1cccs1)C(=O)Nc1ccccc1C(F)(F)F. The lowest BCUT2D eigenvalue weighted by atomic mass is 10.1. The number of urea groups is 1. The van der Waals surface area contributed by atoms with Crippen molar-refractivity contribution in [1.29, 1.82) is 0 Å². The van der Waals surface area contributed by atoms with Gasteiger partial charge in [-0.3, -0.25) is 4.79 Å². The number of halogens is 3. The number of thiophene rings is 1. The van der Waals surface area contributed by atoms with Crippen molar-refractivity contribution in [2.45, 2.75) is 32.6 Å². The number of amides is 3. The standard InChI is InChI=1S/C27H30F3N3O3S/c1-2-36-16-9-15-32(26(35)31-24-14-7-6-13-23(24)27(28,29)30)20-25(34)33(19-22-12-8-17-37-22)18-21-10-4-3-5-11-21/h3-8,10-14,17H,2,9,15-16,18-20H2,1H3,(H,31,35). The van der Waals surface area contributed by atoms with Crippen LogP contribution in [0.1, 0.15) is 29.3 Å². The number of hydrogen-bond donors (Lipinski definition) is 1. The Balaban J connectivity index is 1.79. The molecule has 0 saturated heterocycles. The largest absolute Gasteiger partial charge is 0.418 e. The molecule has 0 atom stereocenters. The zero-order valence-corrected chi connectivity index (χ0v) is 21.4. The fraction of sp³-hybridized carbons (Fsp3) is 0.333. The number of anilines is 1. The van der Waals surface area contributed by atoms with Gasteiger partial charge in [0, 0.05) is 31.2 Å². The number of para-hydroxylation sites is 1. The summed E-state index contributed by atoms with van der Waals surface area (Å²) in [5.74, 6) is -0.312. The molecular weight excluding hydrogens is 503 g/mol. The minimum atomic E-state index is -4.63. The fourth-order valence-corrected chi connectivity index (χ4v) is 4.40. The first-order valence-electron chi connectivity index (χ1n) is 11.9. The summed E-state index contributed by atoms with van der Waals surface area (Å²) in [4.78, 5) is 30.4. The fourth-order valence-electron chi connectivity index (χ4n) is 3.68. The lowest BCUT2D eigenvalue weighted by molar-refractivity contribution is -0.137. The average Bonchev–Trinajstić information content (AvgIpc) is 3.39. The van der Waals surface area contributed by atoms with E-state index < -0.39 is 17.8 Å². The topological polar surface area (TPSA) is 61.9 Å². The Kier molecular flexibility index (Phi) is 10.5. The first-order valence-corrected chi connectivity index (χ1v) is 12.8. The molecule has 3 rings (SSSR count). The van der Waals surface area contributed by atoms with Crippen LogP contribution in [0.25, 0.3) is 0 Å². The van der Waals surface area contributed by atoms with Crippen molar-refractivity contribution in [3.63, 3.8) is 0 Å². The van der Waals surface area contributed by atoms with Crippen LogP contribution in [0.3, 0.4) is 0 Å². The van der Waals surface area contributed by atoms with Crippen LogP contribution in [0.15, 0.2) is 72.1 Å². The van der Waals surface area contributed by atoms with Gasteiger partial charge in [-0.05, 0) is 42.5 Å². The Hall–Kier alpha value is -3.37. The third-order valence-electron chi connectivity index (χ3n) is 5.50. The van der Waals surface area contributed by atoms with Gasteiger partial charge in [0.1, 0.15) is 6.54 Å². The molecule has 0 bridgehead atoms. The van der Waals surface area contributed by atoms with E-state index in [1.807, 2.05) is 54.8 Å². The van der Waals surface area contributed by atoms with Crippen molar-refractivity contribution in [2.24, 2.45) is 0 Å². The summed E-state index contributed by atoms with van der Waals surface area (Å²) in [5, 5.41) is 4.28. The van der Waals surface area contributed by atoms with Gasteiger partial charge in [0.2, 0.25) is 5.91 Å². The van der Waals surface area contributed by atoms with Gasteiger partial charge in [-0.1, -0.05) is 48.5 Å². The number of benzene rings is 2. The van der Waals surface area contributed by atoms with Gasteiger partial charge < -0.3 is 19.9 Å².